The van der Waals surface area contributed by atoms with Crippen molar-refractivity contribution in [3.63, 3.8) is 0 Å². The molecule has 0 bridgehead atoms. The molecule has 0 fully saturated rings. The van der Waals surface area contributed by atoms with Gasteiger partial charge in [-0.05, 0) is 18.6 Å². The summed E-state index contributed by atoms with van der Waals surface area (Å²) in [5.74, 6) is -6.93. The lowest BCUT2D eigenvalue weighted by Crippen LogP contribution is -2.36. The van der Waals surface area contributed by atoms with Gasteiger partial charge in [-0.3, -0.25) is 4.79 Å². The minimum absolute atomic E-state index is 0.140. The molecule has 0 aliphatic rings. The van der Waals surface area contributed by atoms with E-state index in [4.69, 9.17) is 33.2 Å². The summed E-state index contributed by atoms with van der Waals surface area (Å²) in [7, 11) is 0. The van der Waals surface area contributed by atoms with Crippen LogP contribution in [0.3, 0.4) is 0 Å². The van der Waals surface area contributed by atoms with Gasteiger partial charge >= 0.3 is 24.3 Å². The number of benzene rings is 1. The SMILES string of the molecule is CCCOC(C#N)NC(=O)c1c(Cl)cccc1Cl.O=C(OC(=O)C(F)(F)F)C(F)(F)F. The molecule has 0 aliphatic heterocycles. The fourth-order valence-electron chi connectivity index (χ4n) is 1.45. The number of carbonyl (C=O) groups is 3. The third kappa shape index (κ3) is 10.3. The third-order valence-corrected chi connectivity index (χ3v) is 3.34. The first-order valence-electron chi connectivity index (χ1n) is 7.81. The Balaban J connectivity index is 0.000000615. The van der Waals surface area contributed by atoms with E-state index in [0.29, 0.717) is 6.61 Å². The summed E-state index contributed by atoms with van der Waals surface area (Å²) in [4.78, 5) is 31.2. The molecule has 0 aromatic heterocycles. The smallest absolute Gasteiger partial charge is 0.380 e. The maximum atomic E-state index is 11.9. The summed E-state index contributed by atoms with van der Waals surface area (Å²) in [6.45, 7) is 2.29. The molecule has 1 atom stereocenters. The molecular weight excluding hydrogens is 485 g/mol. The van der Waals surface area contributed by atoms with Crippen molar-refractivity contribution in [2.75, 3.05) is 6.61 Å². The second kappa shape index (κ2) is 12.3. The Morgan fingerprint density at radius 1 is 1.06 bits per heavy atom. The van der Waals surface area contributed by atoms with Crippen LogP contribution in [0.4, 0.5) is 26.3 Å². The van der Waals surface area contributed by atoms with Gasteiger partial charge in [0.1, 0.15) is 6.07 Å². The Morgan fingerprint density at radius 3 is 1.87 bits per heavy atom. The van der Waals surface area contributed by atoms with Gasteiger partial charge in [0.05, 0.1) is 22.2 Å². The lowest BCUT2D eigenvalue weighted by molar-refractivity contribution is -0.221. The standard InChI is InChI=1S/C12H12Cl2N2O2.C4F6O3/c1-2-6-18-10(7-15)16-12(17)11-8(13)4-3-5-9(11)14;5-3(6,7)1(11)13-2(12)4(8,9)10/h3-5,10H,2,6H2,1H3,(H,16,17);. The van der Waals surface area contributed by atoms with Crippen LogP contribution in [0.2, 0.25) is 10.0 Å². The van der Waals surface area contributed by atoms with Crippen LogP contribution >= 0.6 is 23.2 Å². The van der Waals surface area contributed by atoms with Crippen molar-refractivity contribution in [1.29, 1.82) is 5.26 Å². The molecule has 0 saturated heterocycles. The molecule has 1 aromatic rings. The highest BCUT2D eigenvalue weighted by Gasteiger charge is 2.49. The summed E-state index contributed by atoms with van der Waals surface area (Å²) in [5.41, 5.74) is 0.140. The highest BCUT2D eigenvalue weighted by atomic mass is 35.5. The second-order valence-electron chi connectivity index (χ2n) is 5.12. The Kier molecular flexibility index (Phi) is 11.3. The maximum absolute atomic E-state index is 11.9. The molecule has 0 heterocycles. The molecule has 0 radical (unpaired) electrons. The Labute approximate surface area is 180 Å². The van der Waals surface area contributed by atoms with Gasteiger partial charge in [0, 0.05) is 0 Å². The molecule has 172 valence electrons. The van der Waals surface area contributed by atoms with E-state index in [1.165, 1.54) is 0 Å². The summed E-state index contributed by atoms with van der Waals surface area (Å²) in [5, 5.41) is 11.7. The van der Waals surface area contributed by atoms with Crippen LogP contribution in [0.5, 0.6) is 0 Å². The molecule has 0 spiro atoms. The molecule has 7 nitrogen and oxygen atoms in total. The van der Waals surface area contributed by atoms with Crippen LogP contribution in [-0.4, -0.2) is 43.0 Å². The van der Waals surface area contributed by atoms with Gasteiger partial charge in [-0.25, -0.2) is 9.59 Å². The number of nitrogens with zero attached hydrogens (tertiary/aromatic N) is 1. The van der Waals surface area contributed by atoms with Gasteiger partial charge < -0.3 is 14.8 Å². The van der Waals surface area contributed by atoms with E-state index in [9.17, 15) is 40.7 Å². The quantitative estimate of drug-likeness (QED) is 0.283. The van der Waals surface area contributed by atoms with Gasteiger partial charge in [0.25, 0.3) is 5.91 Å². The van der Waals surface area contributed by atoms with Crippen molar-refractivity contribution < 1.29 is 50.2 Å². The monoisotopic (exact) mass is 496 g/mol. The Hall–Kier alpha value is -2.56. The van der Waals surface area contributed by atoms with Crippen molar-refractivity contribution in [1.82, 2.24) is 5.32 Å². The number of hydrogen-bond acceptors (Lipinski definition) is 6. The normalized spacial score (nSPS) is 12.0. The molecular formula is C16H12Cl2F6N2O5. The molecule has 1 amide bonds. The molecule has 1 rings (SSSR count). The number of rotatable bonds is 5. The highest BCUT2D eigenvalue weighted by molar-refractivity contribution is 6.39. The highest BCUT2D eigenvalue weighted by Crippen LogP contribution is 2.24. The lowest BCUT2D eigenvalue weighted by Gasteiger charge is -2.13. The number of alkyl halides is 6. The topological polar surface area (TPSA) is 105 Å². The average Bonchev–Trinajstić information content (AvgIpc) is 2.63. The van der Waals surface area contributed by atoms with E-state index in [1.807, 2.05) is 13.0 Å². The fourth-order valence-corrected chi connectivity index (χ4v) is 2.02. The van der Waals surface area contributed by atoms with Crippen molar-refractivity contribution in [3.05, 3.63) is 33.8 Å². The predicted octanol–water partition coefficient (Wildman–Crippen LogP) is 4.18. The molecule has 0 aliphatic carbocycles. The fraction of sp³-hybridized carbons (Fsp3) is 0.375. The Bertz CT molecular complexity index is 795. The third-order valence-electron chi connectivity index (χ3n) is 2.71. The van der Waals surface area contributed by atoms with Crippen LogP contribution < -0.4 is 5.32 Å². The predicted molar refractivity (Wildman–Crippen MR) is 92.8 cm³/mol. The molecule has 1 aromatic carbocycles. The van der Waals surface area contributed by atoms with E-state index >= 15 is 0 Å². The first-order valence-corrected chi connectivity index (χ1v) is 8.56. The summed E-state index contributed by atoms with van der Waals surface area (Å²) in [6.07, 6.45) is -11.5. The number of halogens is 8. The van der Waals surface area contributed by atoms with Crippen LogP contribution in [0, 0.1) is 11.3 Å². The maximum Gasteiger partial charge on any atom is 0.491 e. The van der Waals surface area contributed by atoms with Crippen LogP contribution in [-0.2, 0) is 19.1 Å². The number of esters is 2. The van der Waals surface area contributed by atoms with Crippen molar-refractivity contribution in [2.24, 2.45) is 0 Å². The van der Waals surface area contributed by atoms with Gasteiger partial charge in [-0.2, -0.15) is 31.6 Å². The van der Waals surface area contributed by atoms with Gasteiger partial charge in [-0.1, -0.05) is 36.2 Å². The first-order chi connectivity index (χ1) is 14.1. The Morgan fingerprint density at radius 2 is 1.52 bits per heavy atom. The number of nitriles is 1. The second-order valence-corrected chi connectivity index (χ2v) is 5.94. The largest absolute Gasteiger partial charge is 0.491 e. The molecule has 31 heavy (non-hydrogen) atoms. The van der Waals surface area contributed by atoms with Crippen LogP contribution in [0.15, 0.2) is 18.2 Å². The number of hydrogen-bond donors (Lipinski definition) is 1. The van der Waals surface area contributed by atoms with Crippen molar-refractivity contribution in [2.45, 2.75) is 31.9 Å². The van der Waals surface area contributed by atoms with Gasteiger partial charge in [0.2, 0.25) is 6.23 Å². The zero-order valence-electron chi connectivity index (χ0n) is 15.2. The van der Waals surface area contributed by atoms with E-state index in [2.05, 4.69) is 10.1 Å². The minimum atomic E-state index is -5.62. The number of amides is 1. The number of ether oxygens (including phenoxy) is 2. The zero-order chi connectivity index (χ0) is 24.4. The van der Waals surface area contributed by atoms with Crippen molar-refractivity contribution >= 4 is 41.0 Å². The van der Waals surface area contributed by atoms with E-state index in [1.54, 1.807) is 18.2 Å². The summed E-state index contributed by atoms with van der Waals surface area (Å²) in [6, 6.07) is 6.58. The van der Waals surface area contributed by atoms with E-state index in [0.717, 1.165) is 6.42 Å². The number of nitrogens with one attached hydrogen (secondary N) is 1. The lowest BCUT2D eigenvalue weighted by atomic mass is 10.2. The minimum Gasteiger partial charge on any atom is -0.380 e. The molecule has 0 saturated carbocycles. The van der Waals surface area contributed by atoms with Crippen molar-refractivity contribution in [3.8, 4) is 6.07 Å². The summed E-state index contributed by atoms with van der Waals surface area (Å²) < 4.78 is 74.8. The molecule has 15 heteroatoms. The van der Waals surface area contributed by atoms with Crippen LogP contribution in [0.1, 0.15) is 23.7 Å². The first kappa shape index (κ1) is 28.4. The number of carbonyl (C=O) groups excluding carboxylic acids is 3. The van der Waals surface area contributed by atoms with E-state index in [-0.39, 0.29) is 15.6 Å². The van der Waals surface area contributed by atoms with Gasteiger partial charge in [-0.15, -0.1) is 0 Å². The zero-order valence-corrected chi connectivity index (χ0v) is 16.7. The molecule has 1 N–H and O–H groups in total. The van der Waals surface area contributed by atoms with Gasteiger partial charge in [0.15, 0.2) is 0 Å². The van der Waals surface area contributed by atoms with E-state index < -0.39 is 36.4 Å². The average molecular weight is 497 g/mol. The van der Waals surface area contributed by atoms with Crippen LogP contribution in [0.25, 0.3) is 0 Å². The summed E-state index contributed by atoms with van der Waals surface area (Å²) >= 11 is 11.8. The molecule has 1 unspecified atom stereocenters.